The minimum Gasteiger partial charge on any atom is -0.491 e. The zero-order valence-corrected chi connectivity index (χ0v) is 20.9. The van der Waals surface area contributed by atoms with Gasteiger partial charge in [0.15, 0.2) is 0 Å². The summed E-state index contributed by atoms with van der Waals surface area (Å²) in [6.45, 7) is 6.81. The van der Waals surface area contributed by atoms with Crippen LogP contribution < -0.4 is 10.1 Å². The maximum absolute atomic E-state index is 13.4. The van der Waals surface area contributed by atoms with Gasteiger partial charge in [0.2, 0.25) is 5.91 Å². The quantitative estimate of drug-likeness (QED) is 0.711. The third kappa shape index (κ3) is 6.33. The molecule has 188 valence electrons. The first-order valence-electron chi connectivity index (χ1n) is 11.7. The molecular weight excluding hydrogens is 450 g/mol. The molecule has 0 fully saturated rings. The Bertz CT molecular complexity index is 1050. The molecule has 35 heavy (non-hydrogen) atoms. The van der Waals surface area contributed by atoms with Crippen molar-refractivity contribution in [1.82, 2.24) is 19.8 Å². The summed E-state index contributed by atoms with van der Waals surface area (Å²) in [6.07, 6.45) is 4.39. The maximum atomic E-state index is 13.4. The van der Waals surface area contributed by atoms with E-state index in [0.717, 1.165) is 0 Å². The van der Waals surface area contributed by atoms with Crippen molar-refractivity contribution in [3.8, 4) is 5.75 Å². The summed E-state index contributed by atoms with van der Waals surface area (Å²) in [6, 6.07) is 4.68. The second-order valence-corrected chi connectivity index (χ2v) is 8.75. The molecule has 10 heteroatoms. The van der Waals surface area contributed by atoms with Crippen LogP contribution in [0.1, 0.15) is 48.0 Å². The molecule has 1 aliphatic rings. The summed E-state index contributed by atoms with van der Waals surface area (Å²) in [7, 11) is 3.30. The van der Waals surface area contributed by atoms with Gasteiger partial charge in [-0.1, -0.05) is 13.8 Å². The van der Waals surface area contributed by atoms with E-state index in [-0.39, 0.29) is 42.2 Å². The number of benzene rings is 1. The van der Waals surface area contributed by atoms with E-state index in [2.05, 4.69) is 15.3 Å². The Balaban J connectivity index is 1.94. The highest BCUT2D eigenvalue weighted by Crippen LogP contribution is 2.27. The average molecular weight is 484 g/mol. The molecule has 3 atom stereocenters. The number of nitrogens with zero attached hydrogens (tertiary/aromatic N) is 4. The Morgan fingerprint density at radius 3 is 2.66 bits per heavy atom. The molecule has 10 nitrogen and oxygen atoms in total. The van der Waals surface area contributed by atoms with Crippen molar-refractivity contribution in [2.75, 3.05) is 39.2 Å². The predicted molar refractivity (Wildman–Crippen MR) is 130 cm³/mol. The summed E-state index contributed by atoms with van der Waals surface area (Å²) in [5.74, 6) is -0.308. The number of ether oxygens (including phenoxy) is 2. The third-order valence-electron chi connectivity index (χ3n) is 6.12. The van der Waals surface area contributed by atoms with Crippen molar-refractivity contribution >= 4 is 23.4 Å². The second-order valence-electron chi connectivity index (χ2n) is 8.75. The van der Waals surface area contributed by atoms with Crippen LogP contribution in [-0.2, 0) is 9.53 Å². The first-order valence-corrected chi connectivity index (χ1v) is 11.7. The van der Waals surface area contributed by atoms with Crippen LogP contribution in [0.25, 0.3) is 0 Å². The molecule has 1 N–H and O–H groups in total. The number of aromatic nitrogens is 2. The number of likely N-dealkylation sites (N-methyl/N-ethyl adjacent to an activating group) is 1. The van der Waals surface area contributed by atoms with E-state index in [1.165, 1.54) is 18.6 Å². The molecule has 0 aliphatic carbocycles. The highest BCUT2D eigenvalue weighted by atomic mass is 16.5. The van der Waals surface area contributed by atoms with E-state index in [1.54, 1.807) is 37.3 Å². The molecule has 2 aromatic rings. The van der Waals surface area contributed by atoms with E-state index in [4.69, 9.17) is 9.47 Å². The normalized spacial score (nSPS) is 21.3. The Morgan fingerprint density at radius 2 is 2.00 bits per heavy atom. The van der Waals surface area contributed by atoms with E-state index in [9.17, 15) is 14.4 Å². The largest absolute Gasteiger partial charge is 0.491 e. The number of anilines is 1. The third-order valence-corrected chi connectivity index (χ3v) is 6.12. The lowest BCUT2D eigenvalue weighted by Gasteiger charge is -2.36. The number of hydrogen-bond acceptors (Lipinski definition) is 7. The fourth-order valence-corrected chi connectivity index (χ4v) is 4.02. The standard InChI is InChI=1S/C25H33N5O5/c1-6-23(31)30-13-16(2)22(34-5)14-29(4)25(33)19-11-18(7-8-21(19)35-15-17(30)3)28-24(32)20-12-26-9-10-27-20/h7-12,16-17,22H,6,13-15H2,1-5H3,(H,28,32)/t16-,17+,22-/m0/s1. The number of fused-ring (bicyclic) bond motifs is 1. The van der Waals surface area contributed by atoms with Crippen molar-refractivity contribution < 1.29 is 23.9 Å². The lowest BCUT2D eigenvalue weighted by atomic mass is 10.0. The van der Waals surface area contributed by atoms with Gasteiger partial charge in [0.1, 0.15) is 18.1 Å². The van der Waals surface area contributed by atoms with E-state index in [1.807, 2.05) is 25.7 Å². The van der Waals surface area contributed by atoms with Crippen LogP contribution in [0.2, 0.25) is 0 Å². The fraction of sp³-hybridized carbons (Fsp3) is 0.480. The summed E-state index contributed by atoms with van der Waals surface area (Å²) < 4.78 is 11.7. The topological polar surface area (TPSA) is 114 Å². The van der Waals surface area contributed by atoms with Crippen molar-refractivity contribution in [1.29, 1.82) is 0 Å². The molecule has 1 aromatic carbocycles. The number of carbonyl (C=O) groups excluding carboxylic acids is 3. The molecule has 0 saturated heterocycles. The fourth-order valence-electron chi connectivity index (χ4n) is 4.02. The Hall–Kier alpha value is -3.53. The smallest absolute Gasteiger partial charge is 0.275 e. The molecule has 1 aliphatic heterocycles. The molecule has 0 saturated carbocycles. The molecule has 0 spiro atoms. The zero-order valence-electron chi connectivity index (χ0n) is 20.9. The van der Waals surface area contributed by atoms with Crippen molar-refractivity contribution in [2.45, 2.75) is 39.3 Å². The van der Waals surface area contributed by atoms with Crippen LogP contribution in [0.4, 0.5) is 5.69 Å². The number of hydrogen-bond donors (Lipinski definition) is 1. The summed E-state index contributed by atoms with van der Waals surface area (Å²) in [4.78, 5) is 49.9. The SMILES string of the molecule is CCC(=O)N1C[C@H](C)[C@@H](OC)CN(C)C(=O)c2cc(NC(=O)c3cnccn3)ccc2OC[C@H]1C. The van der Waals surface area contributed by atoms with Gasteiger partial charge in [-0.05, 0) is 25.1 Å². The first-order chi connectivity index (χ1) is 16.7. The highest BCUT2D eigenvalue weighted by molar-refractivity contribution is 6.04. The molecule has 3 rings (SSSR count). The molecule has 0 unspecified atom stereocenters. The number of methoxy groups -OCH3 is 1. The van der Waals surface area contributed by atoms with Crippen LogP contribution in [0, 0.1) is 5.92 Å². The van der Waals surface area contributed by atoms with Crippen LogP contribution >= 0.6 is 0 Å². The van der Waals surface area contributed by atoms with Gasteiger partial charge in [-0.15, -0.1) is 0 Å². The summed E-state index contributed by atoms with van der Waals surface area (Å²) in [5.41, 5.74) is 0.879. The highest BCUT2D eigenvalue weighted by Gasteiger charge is 2.30. The monoisotopic (exact) mass is 483 g/mol. The first kappa shape index (κ1) is 26.1. The second kappa shape index (κ2) is 11.7. The lowest BCUT2D eigenvalue weighted by Crippen LogP contribution is -2.48. The minimum absolute atomic E-state index is 0.00954. The van der Waals surface area contributed by atoms with E-state index >= 15 is 0 Å². The molecule has 3 amide bonds. The number of carbonyl (C=O) groups is 3. The van der Waals surface area contributed by atoms with Crippen molar-refractivity contribution in [2.24, 2.45) is 5.92 Å². The molecule has 0 bridgehead atoms. The predicted octanol–water partition coefficient (Wildman–Crippen LogP) is 2.47. The van der Waals surface area contributed by atoms with Gasteiger partial charge in [-0.25, -0.2) is 4.98 Å². The van der Waals surface area contributed by atoms with Crippen LogP contribution in [0.3, 0.4) is 0 Å². The van der Waals surface area contributed by atoms with Crippen LogP contribution in [0.15, 0.2) is 36.8 Å². The molecule has 1 aromatic heterocycles. The van der Waals surface area contributed by atoms with E-state index < -0.39 is 5.91 Å². The van der Waals surface area contributed by atoms with Crippen LogP contribution in [0.5, 0.6) is 5.75 Å². The van der Waals surface area contributed by atoms with Crippen LogP contribution in [-0.4, -0.2) is 83.5 Å². The Kier molecular flexibility index (Phi) is 8.75. The van der Waals surface area contributed by atoms with E-state index in [0.29, 0.717) is 36.5 Å². The van der Waals surface area contributed by atoms with Gasteiger partial charge < -0.3 is 24.6 Å². The number of nitrogens with one attached hydrogen (secondary N) is 1. The van der Waals surface area contributed by atoms with Gasteiger partial charge in [-0.3, -0.25) is 19.4 Å². The molecule has 0 radical (unpaired) electrons. The zero-order chi connectivity index (χ0) is 25.5. The number of rotatable bonds is 4. The lowest BCUT2D eigenvalue weighted by molar-refractivity contribution is -0.135. The maximum Gasteiger partial charge on any atom is 0.275 e. The molecular formula is C25H33N5O5. The number of amides is 3. The van der Waals surface area contributed by atoms with Crippen molar-refractivity contribution in [3.05, 3.63) is 48.0 Å². The summed E-state index contributed by atoms with van der Waals surface area (Å²) in [5, 5.41) is 2.75. The van der Waals surface area contributed by atoms with Gasteiger partial charge >= 0.3 is 0 Å². The van der Waals surface area contributed by atoms with Crippen molar-refractivity contribution in [3.63, 3.8) is 0 Å². The molecule has 2 heterocycles. The van der Waals surface area contributed by atoms with Gasteiger partial charge in [0, 0.05) is 57.7 Å². The summed E-state index contributed by atoms with van der Waals surface area (Å²) >= 11 is 0. The Morgan fingerprint density at radius 1 is 1.23 bits per heavy atom. The Labute approximate surface area is 205 Å². The average Bonchev–Trinajstić information content (AvgIpc) is 2.88. The van der Waals surface area contributed by atoms with Gasteiger partial charge in [0.05, 0.1) is 23.9 Å². The van der Waals surface area contributed by atoms with Gasteiger partial charge in [-0.2, -0.15) is 0 Å². The minimum atomic E-state index is -0.441. The van der Waals surface area contributed by atoms with Gasteiger partial charge in [0.25, 0.3) is 11.8 Å².